The maximum atomic E-state index is 4.42. The van der Waals surface area contributed by atoms with Crippen LogP contribution in [0.2, 0.25) is 0 Å². The zero-order valence-electron chi connectivity index (χ0n) is 13.9. The van der Waals surface area contributed by atoms with E-state index >= 15 is 0 Å². The number of nitrogens with zero attached hydrogens (tertiary/aromatic N) is 3. The third-order valence-corrected chi connectivity index (χ3v) is 3.86. The van der Waals surface area contributed by atoms with Crippen LogP contribution in [0.3, 0.4) is 0 Å². The topological polar surface area (TPSA) is 50.7 Å². The van der Waals surface area contributed by atoms with Gasteiger partial charge in [-0.25, -0.2) is 9.97 Å². The lowest BCUT2D eigenvalue weighted by Crippen LogP contribution is -2.06. The van der Waals surface area contributed by atoms with Crippen molar-refractivity contribution in [3.8, 4) is 11.1 Å². The minimum atomic E-state index is 0.671. The van der Waals surface area contributed by atoms with E-state index in [2.05, 4.69) is 59.2 Å². The molecule has 0 aliphatic carbocycles. The molecule has 3 aromatic rings. The van der Waals surface area contributed by atoms with Crippen LogP contribution in [0.1, 0.15) is 25.8 Å². The van der Waals surface area contributed by atoms with E-state index in [4.69, 9.17) is 0 Å². The molecule has 0 spiro atoms. The standard InChI is InChI=1S/C19H22N4/c1-13(2)6-7-21-19-17-9-15(4-5-18(17)22-12-23-19)16-8-14(3)10-20-11-16/h4-5,8-13H,6-7H2,1-3H3,(H,21,22,23). The summed E-state index contributed by atoms with van der Waals surface area (Å²) in [5.74, 6) is 1.57. The summed E-state index contributed by atoms with van der Waals surface area (Å²) in [6.45, 7) is 7.42. The van der Waals surface area contributed by atoms with Gasteiger partial charge in [0.1, 0.15) is 12.1 Å². The van der Waals surface area contributed by atoms with Gasteiger partial charge in [-0.15, -0.1) is 0 Å². The SMILES string of the molecule is Cc1cncc(-c2ccc3ncnc(NCCC(C)C)c3c2)c1. The van der Waals surface area contributed by atoms with Crippen LogP contribution in [0.15, 0.2) is 43.0 Å². The van der Waals surface area contributed by atoms with Gasteiger partial charge < -0.3 is 5.32 Å². The largest absolute Gasteiger partial charge is 0.369 e. The highest BCUT2D eigenvalue weighted by Gasteiger charge is 2.07. The lowest BCUT2D eigenvalue weighted by molar-refractivity contribution is 0.607. The summed E-state index contributed by atoms with van der Waals surface area (Å²) in [7, 11) is 0. The number of aryl methyl sites for hydroxylation is 1. The molecule has 0 radical (unpaired) electrons. The molecule has 0 bridgehead atoms. The first-order chi connectivity index (χ1) is 11.1. The number of pyridine rings is 1. The monoisotopic (exact) mass is 306 g/mol. The predicted octanol–water partition coefficient (Wildman–Crippen LogP) is 4.46. The molecule has 0 saturated heterocycles. The minimum Gasteiger partial charge on any atom is -0.369 e. The average Bonchev–Trinajstić information content (AvgIpc) is 2.54. The molecular formula is C19H22N4. The molecule has 1 N–H and O–H groups in total. The molecule has 3 rings (SSSR count). The molecular weight excluding hydrogens is 284 g/mol. The highest BCUT2D eigenvalue weighted by Crippen LogP contribution is 2.27. The van der Waals surface area contributed by atoms with Gasteiger partial charge in [0.25, 0.3) is 0 Å². The highest BCUT2D eigenvalue weighted by molar-refractivity contribution is 5.92. The summed E-state index contributed by atoms with van der Waals surface area (Å²) in [4.78, 5) is 13.1. The van der Waals surface area contributed by atoms with Crippen LogP contribution >= 0.6 is 0 Å². The van der Waals surface area contributed by atoms with Crippen LogP contribution < -0.4 is 5.32 Å². The number of hydrogen-bond acceptors (Lipinski definition) is 4. The molecule has 23 heavy (non-hydrogen) atoms. The number of nitrogens with one attached hydrogen (secondary N) is 1. The Labute approximate surface area is 137 Å². The molecule has 2 heterocycles. The summed E-state index contributed by atoms with van der Waals surface area (Å²) in [5.41, 5.74) is 4.36. The third-order valence-electron chi connectivity index (χ3n) is 3.86. The molecule has 0 fully saturated rings. The van der Waals surface area contributed by atoms with E-state index in [0.29, 0.717) is 5.92 Å². The molecule has 0 saturated carbocycles. The summed E-state index contributed by atoms with van der Waals surface area (Å²) in [5, 5.41) is 4.49. The van der Waals surface area contributed by atoms with Gasteiger partial charge in [-0.05, 0) is 48.6 Å². The van der Waals surface area contributed by atoms with E-state index in [0.717, 1.165) is 46.4 Å². The summed E-state index contributed by atoms with van der Waals surface area (Å²) < 4.78 is 0. The Morgan fingerprint density at radius 2 is 1.91 bits per heavy atom. The summed E-state index contributed by atoms with van der Waals surface area (Å²) >= 11 is 0. The van der Waals surface area contributed by atoms with Crippen molar-refractivity contribution in [2.24, 2.45) is 5.92 Å². The van der Waals surface area contributed by atoms with E-state index in [9.17, 15) is 0 Å². The lowest BCUT2D eigenvalue weighted by atomic mass is 10.0. The maximum Gasteiger partial charge on any atom is 0.137 e. The smallest absolute Gasteiger partial charge is 0.137 e. The Bertz CT molecular complexity index is 811. The van der Waals surface area contributed by atoms with Crippen molar-refractivity contribution in [3.63, 3.8) is 0 Å². The first-order valence-corrected chi connectivity index (χ1v) is 8.04. The van der Waals surface area contributed by atoms with Crippen molar-refractivity contribution in [3.05, 3.63) is 48.5 Å². The number of hydrogen-bond donors (Lipinski definition) is 1. The second kappa shape index (κ2) is 6.73. The number of fused-ring (bicyclic) bond motifs is 1. The van der Waals surface area contributed by atoms with Crippen LogP contribution in [-0.4, -0.2) is 21.5 Å². The van der Waals surface area contributed by atoms with E-state index in [1.54, 1.807) is 6.33 Å². The molecule has 1 aromatic carbocycles. The van der Waals surface area contributed by atoms with Crippen molar-refractivity contribution in [1.29, 1.82) is 0 Å². The first-order valence-electron chi connectivity index (χ1n) is 8.04. The Morgan fingerprint density at radius 1 is 1.04 bits per heavy atom. The van der Waals surface area contributed by atoms with Gasteiger partial charge in [0.2, 0.25) is 0 Å². The van der Waals surface area contributed by atoms with Crippen LogP contribution in [0, 0.1) is 12.8 Å². The number of anilines is 1. The molecule has 0 amide bonds. The van der Waals surface area contributed by atoms with Gasteiger partial charge in [0, 0.05) is 29.9 Å². The van der Waals surface area contributed by atoms with Crippen LogP contribution in [0.5, 0.6) is 0 Å². The molecule has 0 atom stereocenters. The van der Waals surface area contributed by atoms with E-state index in [-0.39, 0.29) is 0 Å². The molecule has 4 heteroatoms. The fourth-order valence-electron chi connectivity index (χ4n) is 2.57. The molecule has 0 aliphatic heterocycles. The van der Waals surface area contributed by atoms with Gasteiger partial charge >= 0.3 is 0 Å². The van der Waals surface area contributed by atoms with Crippen molar-refractivity contribution in [2.75, 3.05) is 11.9 Å². The fraction of sp³-hybridized carbons (Fsp3) is 0.316. The summed E-state index contributed by atoms with van der Waals surface area (Å²) in [6.07, 6.45) is 6.50. The number of benzene rings is 1. The second-order valence-electron chi connectivity index (χ2n) is 6.31. The van der Waals surface area contributed by atoms with E-state index in [1.807, 2.05) is 18.5 Å². The zero-order valence-corrected chi connectivity index (χ0v) is 13.9. The number of rotatable bonds is 5. The van der Waals surface area contributed by atoms with E-state index in [1.165, 1.54) is 0 Å². The van der Waals surface area contributed by atoms with Crippen molar-refractivity contribution >= 4 is 16.7 Å². The van der Waals surface area contributed by atoms with Gasteiger partial charge in [-0.3, -0.25) is 4.98 Å². The van der Waals surface area contributed by atoms with Gasteiger partial charge in [-0.1, -0.05) is 19.9 Å². The Kier molecular flexibility index (Phi) is 4.51. The normalized spacial score (nSPS) is 11.1. The fourth-order valence-corrected chi connectivity index (χ4v) is 2.57. The third kappa shape index (κ3) is 3.65. The molecule has 118 valence electrons. The predicted molar refractivity (Wildman–Crippen MR) is 95.5 cm³/mol. The molecule has 2 aromatic heterocycles. The average molecular weight is 306 g/mol. The molecule has 0 aliphatic rings. The molecule has 0 unspecified atom stereocenters. The first kappa shape index (κ1) is 15.4. The minimum absolute atomic E-state index is 0.671. The lowest BCUT2D eigenvalue weighted by Gasteiger charge is -2.11. The summed E-state index contributed by atoms with van der Waals surface area (Å²) in [6, 6.07) is 8.42. The van der Waals surface area contributed by atoms with E-state index < -0.39 is 0 Å². The highest BCUT2D eigenvalue weighted by atomic mass is 15.0. The number of aromatic nitrogens is 3. The van der Waals surface area contributed by atoms with Crippen molar-refractivity contribution < 1.29 is 0 Å². The second-order valence-corrected chi connectivity index (χ2v) is 6.31. The Hall–Kier alpha value is -2.49. The Morgan fingerprint density at radius 3 is 2.70 bits per heavy atom. The Balaban J connectivity index is 1.97. The van der Waals surface area contributed by atoms with Crippen molar-refractivity contribution in [2.45, 2.75) is 27.2 Å². The van der Waals surface area contributed by atoms with Crippen LogP contribution in [-0.2, 0) is 0 Å². The van der Waals surface area contributed by atoms with Crippen LogP contribution in [0.4, 0.5) is 5.82 Å². The quantitative estimate of drug-likeness (QED) is 0.756. The van der Waals surface area contributed by atoms with Crippen molar-refractivity contribution in [1.82, 2.24) is 15.0 Å². The van der Waals surface area contributed by atoms with Gasteiger partial charge in [0.05, 0.1) is 5.52 Å². The maximum absolute atomic E-state index is 4.42. The van der Waals surface area contributed by atoms with Gasteiger partial charge in [0.15, 0.2) is 0 Å². The van der Waals surface area contributed by atoms with Gasteiger partial charge in [-0.2, -0.15) is 0 Å². The zero-order chi connectivity index (χ0) is 16.2. The molecule has 4 nitrogen and oxygen atoms in total. The van der Waals surface area contributed by atoms with Crippen LogP contribution in [0.25, 0.3) is 22.0 Å².